The lowest BCUT2D eigenvalue weighted by atomic mass is 10.1. The fraction of sp³-hybridized carbons (Fsp3) is 0.429. The van der Waals surface area contributed by atoms with Gasteiger partial charge in [-0.2, -0.15) is 4.98 Å². The van der Waals surface area contributed by atoms with Crippen LogP contribution in [-0.2, 0) is 4.74 Å². The Bertz CT molecular complexity index is 614. The van der Waals surface area contributed by atoms with Gasteiger partial charge in [-0.05, 0) is 31.7 Å². The third kappa shape index (κ3) is 2.77. The molecule has 1 aromatic carbocycles. The van der Waals surface area contributed by atoms with E-state index in [1.807, 2.05) is 25.1 Å². The quantitative estimate of drug-likeness (QED) is 0.843. The van der Waals surface area contributed by atoms with Crippen molar-refractivity contribution >= 4 is 15.9 Å². The smallest absolute Gasteiger partial charge is 0.257 e. The van der Waals surface area contributed by atoms with Crippen LogP contribution in [0.25, 0.3) is 11.4 Å². The molecule has 0 N–H and O–H groups in total. The molecule has 0 aliphatic carbocycles. The molecule has 0 radical (unpaired) electrons. The van der Waals surface area contributed by atoms with Crippen molar-refractivity contribution in [2.45, 2.75) is 13.0 Å². The van der Waals surface area contributed by atoms with Crippen LogP contribution >= 0.6 is 15.9 Å². The second-order valence-electron chi connectivity index (χ2n) is 5.04. The van der Waals surface area contributed by atoms with E-state index in [-0.39, 0.29) is 6.10 Å². The van der Waals surface area contributed by atoms with Crippen molar-refractivity contribution < 1.29 is 9.26 Å². The highest BCUT2D eigenvalue weighted by Gasteiger charge is 2.25. The maximum atomic E-state index is 5.69. The molecule has 0 saturated carbocycles. The Hall–Kier alpha value is -1.24. The summed E-state index contributed by atoms with van der Waals surface area (Å²) in [6.07, 6.45) is -0.137. The molecule has 6 heteroatoms. The Morgan fingerprint density at radius 1 is 1.40 bits per heavy atom. The number of hydrogen-bond acceptors (Lipinski definition) is 5. The van der Waals surface area contributed by atoms with Gasteiger partial charge in [-0.15, -0.1) is 0 Å². The minimum absolute atomic E-state index is 0.137. The number of hydrogen-bond donors (Lipinski definition) is 0. The van der Waals surface area contributed by atoms with Gasteiger partial charge in [0.15, 0.2) is 0 Å². The maximum absolute atomic E-state index is 5.69. The van der Waals surface area contributed by atoms with Gasteiger partial charge in [0.25, 0.3) is 5.89 Å². The summed E-state index contributed by atoms with van der Waals surface area (Å²) >= 11 is 3.47. The molecule has 0 bridgehead atoms. The van der Waals surface area contributed by atoms with Crippen molar-refractivity contribution in [1.82, 2.24) is 15.0 Å². The Morgan fingerprint density at radius 3 is 3.05 bits per heavy atom. The van der Waals surface area contributed by atoms with Crippen LogP contribution in [0.15, 0.2) is 27.2 Å². The van der Waals surface area contributed by atoms with E-state index in [1.54, 1.807) is 0 Å². The summed E-state index contributed by atoms with van der Waals surface area (Å²) in [4.78, 5) is 6.69. The van der Waals surface area contributed by atoms with Crippen molar-refractivity contribution in [1.29, 1.82) is 0 Å². The molecule has 0 unspecified atom stereocenters. The molecule has 1 aliphatic rings. The SMILES string of the molecule is Cc1ccc(Br)cc1-c1noc([C@@H]2CN(C)CCO2)n1. The number of aromatic nitrogens is 2. The predicted octanol–water partition coefficient (Wildman–Crippen LogP) is 2.81. The number of nitrogens with zero attached hydrogens (tertiary/aromatic N) is 3. The molecule has 3 rings (SSSR count). The highest BCUT2D eigenvalue weighted by molar-refractivity contribution is 9.10. The Labute approximate surface area is 126 Å². The van der Waals surface area contributed by atoms with Gasteiger partial charge >= 0.3 is 0 Å². The van der Waals surface area contributed by atoms with Gasteiger partial charge in [-0.1, -0.05) is 27.2 Å². The summed E-state index contributed by atoms with van der Waals surface area (Å²) < 4.78 is 12.1. The highest BCUT2D eigenvalue weighted by atomic mass is 79.9. The largest absolute Gasteiger partial charge is 0.366 e. The van der Waals surface area contributed by atoms with Gasteiger partial charge in [0.2, 0.25) is 5.82 Å². The van der Waals surface area contributed by atoms with Crippen LogP contribution in [0, 0.1) is 6.92 Å². The number of ether oxygens (including phenoxy) is 1. The lowest BCUT2D eigenvalue weighted by Crippen LogP contribution is -2.35. The zero-order chi connectivity index (χ0) is 14.1. The summed E-state index contributed by atoms with van der Waals surface area (Å²) in [5.41, 5.74) is 2.08. The summed E-state index contributed by atoms with van der Waals surface area (Å²) in [5.74, 6) is 1.15. The first kappa shape index (κ1) is 13.7. The van der Waals surface area contributed by atoms with E-state index in [0.29, 0.717) is 18.3 Å². The van der Waals surface area contributed by atoms with Gasteiger partial charge in [-0.25, -0.2) is 0 Å². The highest BCUT2D eigenvalue weighted by Crippen LogP contribution is 2.27. The zero-order valence-corrected chi connectivity index (χ0v) is 13.1. The van der Waals surface area contributed by atoms with E-state index in [4.69, 9.17) is 9.26 Å². The molecule has 20 heavy (non-hydrogen) atoms. The van der Waals surface area contributed by atoms with Gasteiger partial charge in [0.1, 0.15) is 6.10 Å². The Morgan fingerprint density at radius 2 is 2.25 bits per heavy atom. The van der Waals surface area contributed by atoms with Crippen LogP contribution in [0.3, 0.4) is 0 Å². The third-order valence-electron chi connectivity index (χ3n) is 3.43. The fourth-order valence-corrected chi connectivity index (χ4v) is 2.60. The van der Waals surface area contributed by atoms with E-state index >= 15 is 0 Å². The molecule has 1 atom stereocenters. The van der Waals surface area contributed by atoms with Crippen molar-refractivity contribution in [3.8, 4) is 11.4 Å². The standard InChI is InChI=1S/C14H16BrN3O2/c1-9-3-4-10(15)7-11(9)13-16-14(20-17-13)12-8-18(2)5-6-19-12/h3-4,7,12H,5-6,8H2,1-2H3/t12-/m0/s1. The molecule has 2 aromatic rings. The van der Waals surface area contributed by atoms with Gasteiger partial charge in [0.05, 0.1) is 6.61 Å². The summed E-state index contributed by atoms with van der Waals surface area (Å²) in [5, 5.41) is 4.08. The monoisotopic (exact) mass is 337 g/mol. The minimum Gasteiger partial charge on any atom is -0.366 e. The molecular formula is C14H16BrN3O2. The van der Waals surface area contributed by atoms with Crippen molar-refractivity contribution in [2.75, 3.05) is 26.7 Å². The average molecular weight is 338 g/mol. The molecule has 0 spiro atoms. The molecule has 106 valence electrons. The lowest BCUT2D eigenvalue weighted by molar-refractivity contribution is -0.0366. The molecule has 0 amide bonds. The van der Waals surface area contributed by atoms with Crippen LogP contribution in [0.2, 0.25) is 0 Å². The molecule has 1 aromatic heterocycles. The Kier molecular flexibility index (Phi) is 3.87. The van der Waals surface area contributed by atoms with E-state index in [9.17, 15) is 0 Å². The average Bonchev–Trinajstić information content (AvgIpc) is 2.91. The number of aryl methyl sites for hydroxylation is 1. The molecule has 1 saturated heterocycles. The van der Waals surface area contributed by atoms with Gasteiger partial charge in [0, 0.05) is 23.1 Å². The van der Waals surface area contributed by atoms with Crippen molar-refractivity contribution in [3.63, 3.8) is 0 Å². The third-order valence-corrected chi connectivity index (χ3v) is 3.92. The van der Waals surface area contributed by atoms with E-state index in [2.05, 4.69) is 38.0 Å². The summed E-state index contributed by atoms with van der Waals surface area (Å²) in [6.45, 7) is 4.43. The predicted molar refractivity (Wildman–Crippen MR) is 78.4 cm³/mol. The molecular weight excluding hydrogens is 322 g/mol. The summed E-state index contributed by atoms with van der Waals surface area (Å²) in [7, 11) is 2.06. The topological polar surface area (TPSA) is 51.4 Å². The molecule has 2 heterocycles. The number of rotatable bonds is 2. The van der Waals surface area contributed by atoms with E-state index < -0.39 is 0 Å². The fourth-order valence-electron chi connectivity index (χ4n) is 2.24. The zero-order valence-electron chi connectivity index (χ0n) is 11.5. The molecule has 1 aliphatic heterocycles. The van der Waals surface area contributed by atoms with Crippen LogP contribution in [0.4, 0.5) is 0 Å². The second-order valence-corrected chi connectivity index (χ2v) is 5.95. The van der Waals surface area contributed by atoms with Crippen molar-refractivity contribution in [3.05, 3.63) is 34.1 Å². The first-order valence-corrected chi connectivity index (χ1v) is 7.33. The van der Waals surface area contributed by atoms with Crippen LogP contribution in [0.1, 0.15) is 17.6 Å². The van der Waals surface area contributed by atoms with Gasteiger partial charge in [-0.3, -0.25) is 0 Å². The van der Waals surface area contributed by atoms with Crippen molar-refractivity contribution in [2.24, 2.45) is 0 Å². The normalized spacial score (nSPS) is 20.2. The Balaban J connectivity index is 1.88. The lowest BCUT2D eigenvalue weighted by Gasteiger charge is -2.27. The first-order valence-electron chi connectivity index (χ1n) is 6.54. The number of benzene rings is 1. The van der Waals surface area contributed by atoms with E-state index in [0.717, 1.165) is 28.7 Å². The minimum atomic E-state index is -0.137. The van der Waals surface area contributed by atoms with E-state index in [1.165, 1.54) is 0 Å². The van der Waals surface area contributed by atoms with Crippen LogP contribution in [-0.4, -0.2) is 41.8 Å². The summed E-state index contributed by atoms with van der Waals surface area (Å²) in [6, 6.07) is 6.02. The van der Waals surface area contributed by atoms with Gasteiger partial charge < -0.3 is 14.2 Å². The second kappa shape index (κ2) is 5.63. The number of morpholine rings is 1. The number of likely N-dealkylation sites (N-methyl/N-ethyl adjacent to an activating group) is 1. The van der Waals surface area contributed by atoms with Crippen LogP contribution < -0.4 is 0 Å². The molecule has 5 nitrogen and oxygen atoms in total. The maximum Gasteiger partial charge on any atom is 0.257 e. The van der Waals surface area contributed by atoms with Crippen LogP contribution in [0.5, 0.6) is 0 Å². The first-order chi connectivity index (χ1) is 9.63. The number of halogens is 1. The molecule has 1 fully saturated rings.